The highest BCUT2D eigenvalue weighted by molar-refractivity contribution is 6.19. The molecule has 0 fully saturated rings. The van der Waals surface area contributed by atoms with E-state index in [0.29, 0.717) is 0 Å². The number of hydrogen-bond donors (Lipinski definition) is 0. The van der Waals surface area contributed by atoms with Gasteiger partial charge in [-0.3, -0.25) is 0 Å². The van der Waals surface area contributed by atoms with E-state index in [9.17, 15) is 0 Å². The Labute approximate surface area is 247 Å². The average molecular weight is 549 g/mol. The molecule has 200 valence electrons. The van der Waals surface area contributed by atoms with Crippen LogP contribution >= 0.6 is 0 Å². The maximum Gasteiger partial charge on any atom is 0.152 e. The van der Waals surface area contributed by atoms with Crippen molar-refractivity contribution >= 4 is 54.4 Å². The molecule has 3 heteroatoms. The average Bonchev–Trinajstić information content (AvgIpc) is 3.60. The molecule has 0 unspecified atom stereocenters. The lowest BCUT2D eigenvalue weighted by atomic mass is 9.99. The fraction of sp³-hybridized carbons (Fsp3) is 0. The van der Waals surface area contributed by atoms with Gasteiger partial charge >= 0.3 is 0 Å². The van der Waals surface area contributed by atoms with Gasteiger partial charge in [-0.15, -0.1) is 0 Å². The first-order valence-electron chi connectivity index (χ1n) is 14.7. The Balaban J connectivity index is 1.21. The molecule has 0 atom stereocenters. The quantitative estimate of drug-likeness (QED) is 0.210. The number of hydrogen-bond acceptors (Lipinski definition) is 1. The van der Waals surface area contributed by atoms with Crippen molar-refractivity contribution in [2.24, 2.45) is 0 Å². The summed E-state index contributed by atoms with van der Waals surface area (Å²) in [5.41, 5.74) is 9.43. The first kappa shape index (κ1) is 22.8. The Morgan fingerprint density at radius 2 is 1.14 bits per heavy atom. The Bertz CT molecular complexity index is 2580. The number of fused-ring (bicyclic) bond motifs is 10. The van der Waals surface area contributed by atoms with Gasteiger partial charge < -0.3 is 13.9 Å². The van der Waals surface area contributed by atoms with Crippen molar-refractivity contribution in [3.63, 3.8) is 0 Å². The van der Waals surface area contributed by atoms with Crippen molar-refractivity contribution in [3.8, 4) is 34.0 Å². The smallest absolute Gasteiger partial charge is 0.152 e. The van der Waals surface area contributed by atoms with E-state index in [2.05, 4.69) is 143 Å². The van der Waals surface area contributed by atoms with Crippen LogP contribution in [0.2, 0.25) is 0 Å². The van der Waals surface area contributed by atoms with Crippen LogP contribution in [0.3, 0.4) is 0 Å². The van der Waals surface area contributed by atoms with Crippen LogP contribution in [0.5, 0.6) is 11.5 Å². The summed E-state index contributed by atoms with van der Waals surface area (Å²) in [5.74, 6) is 1.78. The lowest BCUT2D eigenvalue weighted by molar-refractivity contribution is 0.476. The summed E-state index contributed by atoms with van der Waals surface area (Å²) in [6.45, 7) is 0. The minimum Gasteiger partial charge on any atom is -0.453 e. The van der Waals surface area contributed by atoms with Gasteiger partial charge in [0.1, 0.15) is 0 Å². The number of rotatable bonds is 2. The number of nitrogens with zero attached hydrogens (tertiary/aromatic N) is 2. The molecule has 3 heterocycles. The summed E-state index contributed by atoms with van der Waals surface area (Å²) >= 11 is 0. The van der Waals surface area contributed by atoms with Crippen LogP contribution < -0.4 is 4.74 Å². The van der Waals surface area contributed by atoms with Crippen molar-refractivity contribution in [2.75, 3.05) is 0 Å². The summed E-state index contributed by atoms with van der Waals surface area (Å²) in [6, 6.07) is 52.3. The third-order valence-electron chi connectivity index (χ3n) is 9.10. The first-order valence-corrected chi connectivity index (χ1v) is 14.7. The maximum absolute atomic E-state index is 6.36. The summed E-state index contributed by atoms with van der Waals surface area (Å²) in [6.07, 6.45) is 0. The fourth-order valence-corrected chi connectivity index (χ4v) is 7.29. The van der Waals surface area contributed by atoms with E-state index in [0.717, 1.165) is 28.4 Å². The Morgan fingerprint density at radius 3 is 2.07 bits per heavy atom. The van der Waals surface area contributed by atoms with Crippen molar-refractivity contribution in [1.82, 2.24) is 9.13 Å². The molecule has 43 heavy (non-hydrogen) atoms. The summed E-state index contributed by atoms with van der Waals surface area (Å²) in [7, 11) is 0. The lowest BCUT2D eigenvalue weighted by Crippen LogP contribution is -2.03. The Kier molecular flexibility index (Phi) is 4.45. The molecule has 7 aromatic carbocycles. The third-order valence-corrected chi connectivity index (χ3v) is 9.10. The third kappa shape index (κ3) is 3.03. The van der Waals surface area contributed by atoms with E-state index in [4.69, 9.17) is 4.74 Å². The molecule has 0 spiro atoms. The number of para-hydroxylation sites is 4. The zero-order valence-electron chi connectivity index (χ0n) is 23.2. The van der Waals surface area contributed by atoms with E-state index in [1.54, 1.807) is 0 Å². The largest absolute Gasteiger partial charge is 0.453 e. The minimum absolute atomic E-state index is 0.883. The Hall–Kier alpha value is -5.80. The van der Waals surface area contributed by atoms with Crippen LogP contribution in [0.15, 0.2) is 146 Å². The standard InChI is InChI=1S/C40H24N2O/c1-2-10-29-25(9-1)21-24-31-30-11-3-4-14-33(30)41(39(29)31)27-22-19-26(20-23-27)28-12-7-16-35-38(28)32-13-8-18-37-40(32)42(35)34-15-5-6-17-36(34)43-37/h1-24H. The summed E-state index contributed by atoms with van der Waals surface area (Å²) in [4.78, 5) is 0. The zero-order chi connectivity index (χ0) is 28.1. The van der Waals surface area contributed by atoms with Gasteiger partial charge in [0.25, 0.3) is 0 Å². The van der Waals surface area contributed by atoms with Gasteiger partial charge in [-0.1, -0.05) is 103 Å². The zero-order valence-corrected chi connectivity index (χ0v) is 23.2. The van der Waals surface area contributed by atoms with Crippen LogP contribution in [0, 0.1) is 0 Å². The number of aromatic nitrogens is 2. The minimum atomic E-state index is 0.883. The molecule has 3 nitrogen and oxygen atoms in total. The lowest BCUT2D eigenvalue weighted by Gasteiger charge is -2.20. The SMILES string of the molecule is c1ccc2c(c1)Oc1cccc3c4c(-c5ccc(-n6c7ccccc7c7ccc8ccccc8c76)cc5)cccc4n-2c13. The number of ether oxygens (including phenoxy) is 1. The molecule has 0 saturated carbocycles. The molecule has 0 radical (unpaired) electrons. The van der Waals surface area contributed by atoms with E-state index >= 15 is 0 Å². The molecule has 0 saturated heterocycles. The summed E-state index contributed by atoms with van der Waals surface area (Å²) < 4.78 is 11.1. The van der Waals surface area contributed by atoms with Gasteiger partial charge in [-0.2, -0.15) is 0 Å². The van der Waals surface area contributed by atoms with Crippen molar-refractivity contribution in [1.29, 1.82) is 0 Å². The van der Waals surface area contributed by atoms with Gasteiger partial charge in [-0.05, 0) is 59.0 Å². The molecule has 1 aliphatic rings. The van der Waals surface area contributed by atoms with Crippen LogP contribution in [-0.2, 0) is 0 Å². The fourth-order valence-electron chi connectivity index (χ4n) is 7.29. The van der Waals surface area contributed by atoms with E-state index in [1.165, 1.54) is 60.0 Å². The van der Waals surface area contributed by atoms with E-state index in [-0.39, 0.29) is 0 Å². The molecular weight excluding hydrogens is 524 g/mol. The highest BCUT2D eigenvalue weighted by atomic mass is 16.5. The molecule has 1 aliphatic heterocycles. The number of benzene rings is 7. The van der Waals surface area contributed by atoms with Gasteiger partial charge in [-0.25, -0.2) is 0 Å². The molecule has 2 aromatic heterocycles. The van der Waals surface area contributed by atoms with Crippen LogP contribution in [0.1, 0.15) is 0 Å². The predicted octanol–water partition coefficient (Wildman–Crippen LogP) is 10.8. The van der Waals surface area contributed by atoms with E-state index < -0.39 is 0 Å². The van der Waals surface area contributed by atoms with Crippen LogP contribution in [0.4, 0.5) is 0 Å². The van der Waals surface area contributed by atoms with E-state index in [1.807, 2.05) is 12.1 Å². The van der Waals surface area contributed by atoms with Gasteiger partial charge in [0, 0.05) is 32.6 Å². The first-order chi connectivity index (χ1) is 21.3. The van der Waals surface area contributed by atoms with Crippen LogP contribution in [-0.4, -0.2) is 9.13 Å². The normalized spacial score (nSPS) is 12.4. The van der Waals surface area contributed by atoms with Crippen molar-refractivity contribution in [2.45, 2.75) is 0 Å². The molecule has 0 N–H and O–H groups in total. The molecular formula is C40H24N2O. The molecule has 9 aromatic rings. The Morgan fingerprint density at radius 1 is 0.419 bits per heavy atom. The maximum atomic E-state index is 6.36. The predicted molar refractivity (Wildman–Crippen MR) is 178 cm³/mol. The second-order valence-electron chi connectivity index (χ2n) is 11.3. The van der Waals surface area contributed by atoms with Crippen molar-refractivity contribution < 1.29 is 4.74 Å². The second kappa shape index (κ2) is 8.37. The highest BCUT2D eigenvalue weighted by Crippen LogP contribution is 2.47. The molecule has 0 amide bonds. The molecule has 0 aliphatic carbocycles. The summed E-state index contributed by atoms with van der Waals surface area (Å²) in [5, 5.41) is 7.52. The topological polar surface area (TPSA) is 19.1 Å². The van der Waals surface area contributed by atoms with Gasteiger partial charge in [0.2, 0.25) is 0 Å². The highest BCUT2D eigenvalue weighted by Gasteiger charge is 2.24. The van der Waals surface area contributed by atoms with Crippen molar-refractivity contribution in [3.05, 3.63) is 146 Å². The second-order valence-corrected chi connectivity index (χ2v) is 11.3. The molecule has 10 rings (SSSR count). The molecule has 0 bridgehead atoms. The van der Waals surface area contributed by atoms with Gasteiger partial charge in [0.05, 0.1) is 27.8 Å². The van der Waals surface area contributed by atoms with Gasteiger partial charge in [0.15, 0.2) is 11.5 Å². The van der Waals surface area contributed by atoms with Crippen LogP contribution in [0.25, 0.3) is 76.9 Å². The monoisotopic (exact) mass is 548 g/mol.